The summed E-state index contributed by atoms with van der Waals surface area (Å²) in [5, 5.41) is 2.71. The van der Waals surface area contributed by atoms with Gasteiger partial charge in [-0.2, -0.15) is 12.7 Å². The molecule has 2 N–H and O–H groups in total. The van der Waals surface area contributed by atoms with Crippen molar-refractivity contribution in [2.24, 2.45) is 0 Å². The number of hydrogen-bond acceptors (Lipinski definition) is 6. The third kappa shape index (κ3) is 7.31. The molecule has 0 aliphatic carbocycles. The SMILES string of the molecule is COc1ccc(C)cc1NS(=O)(=O)c1ccc(NC(=O)c2ccc(CN(c3ccccc3F)S(=O)(=O)N(C)C)cc2)cc1. The van der Waals surface area contributed by atoms with E-state index in [1.807, 2.05) is 6.92 Å². The fourth-order valence-corrected chi connectivity index (χ4v) is 6.26. The molecule has 43 heavy (non-hydrogen) atoms. The number of benzene rings is 4. The van der Waals surface area contributed by atoms with Gasteiger partial charge >= 0.3 is 10.2 Å². The van der Waals surface area contributed by atoms with Gasteiger partial charge in [-0.05, 0) is 78.7 Å². The molecule has 0 heterocycles. The molecule has 0 fully saturated rings. The summed E-state index contributed by atoms with van der Waals surface area (Å²) in [6, 6.07) is 22.6. The maximum absolute atomic E-state index is 14.5. The van der Waals surface area contributed by atoms with Crippen molar-refractivity contribution >= 4 is 43.2 Å². The number of nitrogens with one attached hydrogen (secondary N) is 2. The number of carbonyl (C=O) groups excluding carboxylic acids is 1. The molecule has 0 aliphatic rings. The van der Waals surface area contributed by atoms with Gasteiger partial charge in [0, 0.05) is 25.3 Å². The molecule has 4 rings (SSSR count). The molecule has 1 amide bonds. The molecule has 0 aliphatic heterocycles. The lowest BCUT2D eigenvalue weighted by atomic mass is 10.1. The summed E-state index contributed by atoms with van der Waals surface area (Å²) in [6.07, 6.45) is 0. The first-order chi connectivity index (χ1) is 20.3. The minimum atomic E-state index is -4.02. The molecule has 4 aromatic carbocycles. The van der Waals surface area contributed by atoms with Gasteiger partial charge in [0.05, 0.1) is 29.9 Å². The van der Waals surface area contributed by atoms with E-state index in [0.717, 1.165) is 14.2 Å². The highest BCUT2D eigenvalue weighted by Gasteiger charge is 2.27. The van der Waals surface area contributed by atoms with Gasteiger partial charge in [0.25, 0.3) is 15.9 Å². The van der Waals surface area contributed by atoms with Gasteiger partial charge in [0.15, 0.2) is 0 Å². The second-order valence-electron chi connectivity index (χ2n) is 9.73. The van der Waals surface area contributed by atoms with Crippen LogP contribution in [0.4, 0.5) is 21.5 Å². The van der Waals surface area contributed by atoms with E-state index < -0.39 is 32.0 Å². The Morgan fingerprint density at radius 3 is 2.14 bits per heavy atom. The summed E-state index contributed by atoms with van der Waals surface area (Å²) in [4.78, 5) is 12.9. The van der Waals surface area contributed by atoms with E-state index in [0.29, 0.717) is 22.7 Å². The van der Waals surface area contributed by atoms with Crippen LogP contribution in [0, 0.1) is 12.7 Å². The number of rotatable bonds is 11. The Morgan fingerprint density at radius 2 is 1.53 bits per heavy atom. The number of carbonyl (C=O) groups is 1. The number of aryl methyl sites for hydroxylation is 1. The van der Waals surface area contributed by atoms with Crippen LogP contribution in [0.15, 0.2) is 95.9 Å². The van der Waals surface area contributed by atoms with E-state index in [-0.39, 0.29) is 22.7 Å². The van der Waals surface area contributed by atoms with Crippen LogP contribution in [0.25, 0.3) is 0 Å². The predicted octanol–water partition coefficient (Wildman–Crippen LogP) is 5.01. The molecule has 10 nitrogen and oxygen atoms in total. The predicted molar refractivity (Wildman–Crippen MR) is 165 cm³/mol. The van der Waals surface area contributed by atoms with Crippen LogP contribution < -0.4 is 19.1 Å². The number of nitrogens with zero attached hydrogens (tertiary/aromatic N) is 2. The highest BCUT2D eigenvalue weighted by Crippen LogP contribution is 2.29. The van der Waals surface area contributed by atoms with Crippen molar-refractivity contribution in [3.05, 3.63) is 114 Å². The largest absolute Gasteiger partial charge is 0.495 e. The number of halogens is 1. The lowest BCUT2D eigenvalue weighted by Crippen LogP contribution is -2.40. The number of para-hydroxylation sites is 1. The number of amides is 1. The van der Waals surface area contributed by atoms with Crippen molar-refractivity contribution in [1.82, 2.24) is 4.31 Å². The molecule has 0 saturated carbocycles. The van der Waals surface area contributed by atoms with Crippen molar-refractivity contribution < 1.29 is 30.8 Å². The highest BCUT2D eigenvalue weighted by atomic mass is 32.2. The molecule has 0 unspecified atom stereocenters. The molecule has 0 spiro atoms. The monoisotopic (exact) mass is 626 g/mol. The van der Waals surface area contributed by atoms with Crippen LogP contribution in [0.3, 0.4) is 0 Å². The summed E-state index contributed by atoms with van der Waals surface area (Å²) < 4.78 is 76.0. The van der Waals surface area contributed by atoms with Gasteiger partial charge < -0.3 is 10.1 Å². The first-order valence-corrected chi connectivity index (χ1v) is 15.8. The van der Waals surface area contributed by atoms with Crippen molar-refractivity contribution in [2.45, 2.75) is 18.4 Å². The fraction of sp³-hybridized carbons (Fsp3) is 0.167. The van der Waals surface area contributed by atoms with Gasteiger partial charge in [-0.1, -0.05) is 30.3 Å². The van der Waals surface area contributed by atoms with Crippen LogP contribution in [-0.4, -0.2) is 48.3 Å². The van der Waals surface area contributed by atoms with Gasteiger partial charge in [0.2, 0.25) is 0 Å². The lowest BCUT2D eigenvalue weighted by Gasteiger charge is -2.27. The normalized spacial score (nSPS) is 11.7. The van der Waals surface area contributed by atoms with Gasteiger partial charge in [-0.3, -0.25) is 13.8 Å². The van der Waals surface area contributed by atoms with E-state index in [9.17, 15) is 26.0 Å². The van der Waals surface area contributed by atoms with Gasteiger partial charge in [-0.15, -0.1) is 0 Å². The Morgan fingerprint density at radius 1 is 0.884 bits per heavy atom. The van der Waals surface area contributed by atoms with Crippen molar-refractivity contribution in [1.29, 1.82) is 0 Å². The van der Waals surface area contributed by atoms with Crippen LogP contribution in [0.2, 0.25) is 0 Å². The smallest absolute Gasteiger partial charge is 0.303 e. The molecule has 0 saturated heterocycles. The van der Waals surface area contributed by atoms with E-state index in [2.05, 4.69) is 10.0 Å². The second kappa shape index (κ2) is 12.8. The number of anilines is 3. The first-order valence-electron chi connectivity index (χ1n) is 12.9. The summed E-state index contributed by atoms with van der Waals surface area (Å²) >= 11 is 0. The minimum Gasteiger partial charge on any atom is -0.495 e. The molecule has 0 radical (unpaired) electrons. The third-order valence-corrected chi connectivity index (χ3v) is 9.61. The molecule has 226 valence electrons. The highest BCUT2D eigenvalue weighted by molar-refractivity contribution is 7.92. The van der Waals surface area contributed by atoms with E-state index in [1.54, 1.807) is 36.4 Å². The molecular weight excluding hydrogens is 595 g/mol. The van der Waals surface area contributed by atoms with Crippen molar-refractivity contribution in [3.63, 3.8) is 0 Å². The van der Waals surface area contributed by atoms with Gasteiger partial charge in [-0.25, -0.2) is 12.8 Å². The molecule has 0 aromatic heterocycles. The maximum atomic E-state index is 14.5. The van der Waals surface area contributed by atoms with Crippen LogP contribution in [0.5, 0.6) is 5.75 Å². The molecule has 0 bridgehead atoms. The second-order valence-corrected chi connectivity index (χ2v) is 13.5. The molecule has 0 atom stereocenters. The quantitative estimate of drug-likeness (QED) is 0.241. The number of methoxy groups -OCH3 is 1. The maximum Gasteiger partial charge on any atom is 0.303 e. The Hall–Kier alpha value is -4.46. The third-order valence-electron chi connectivity index (χ3n) is 6.43. The van der Waals surface area contributed by atoms with Crippen LogP contribution in [0.1, 0.15) is 21.5 Å². The molecule has 13 heteroatoms. The van der Waals surface area contributed by atoms with E-state index in [4.69, 9.17) is 4.74 Å². The Bertz CT molecular complexity index is 1830. The number of sulfonamides is 1. The zero-order valence-electron chi connectivity index (χ0n) is 23.9. The summed E-state index contributed by atoms with van der Waals surface area (Å²) in [5.41, 5.74) is 2.23. The topological polar surface area (TPSA) is 125 Å². The standard InChI is InChI=1S/C30H31FN4O6S2/c1-21-9-18-29(41-4)27(19-21)33-42(37,38)25-16-14-24(15-17-25)32-30(36)23-12-10-22(11-13-23)20-35(43(39,40)34(2)3)28-8-6-5-7-26(28)31/h5-19,33H,20H2,1-4H3,(H,32,36). The van der Waals surface area contributed by atoms with Crippen molar-refractivity contribution in [2.75, 3.05) is 35.5 Å². The van der Waals surface area contributed by atoms with E-state index >= 15 is 0 Å². The van der Waals surface area contributed by atoms with E-state index in [1.165, 1.54) is 75.8 Å². The molecular formula is C30H31FN4O6S2. The van der Waals surface area contributed by atoms with Crippen molar-refractivity contribution in [3.8, 4) is 5.75 Å². The first kappa shape index (κ1) is 31.5. The van der Waals surface area contributed by atoms with Crippen LogP contribution in [-0.2, 0) is 26.8 Å². The average molecular weight is 627 g/mol. The zero-order valence-corrected chi connectivity index (χ0v) is 25.5. The minimum absolute atomic E-state index is 0.00880. The average Bonchev–Trinajstić information content (AvgIpc) is 2.97. The summed E-state index contributed by atoms with van der Waals surface area (Å²) in [5.74, 6) is -0.770. The molecule has 4 aromatic rings. The summed E-state index contributed by atoms with van der Waals surface area (Å²) in [7, 11) is -3.79. The Balaban J connectivity index is 1.46. The lowest BCUT2D eigenvalue weighted by molar-refractivity contribution is 0.102. The Labute approximate surface area is 251 Å². The fourth-order valence-electron chi connectivity index (χ4n) is 4.10. The zero-order chi connectivity index (χ0) is 31.4. The number of ether oxygens (including phenoxy) is 1. The Kier molecular flexibility index (Phi) is 9.38. The van der Waals surface area contributed by atoms with Gasteiger partial charge in [0.1, 0.15) is 11.6 Å². The summed E-state index contributed by atoms with van der Waals surface area (Å²) in [6.45, 7) is 1.67. The van der Waals surface area contributed by atoms with Crippen LogP contribution >= 0.6 is 0 Å². The number of hydrogen-bond donors (Lipinski definition) is 2.